The molecule has 424 valence electrons. The van der Waals surface area contributed by atoms with Crippen molar-refractivity contribution in [1.82, 2.24) is 31.1 Å². The molecule has 0 spiro atoms. The van der Waals surface area contributed by atoms with E-state index < -0.39 is 51.8 Å². The van der Waals surface area contributed by atoms with Crippen LogP contribution >= 0.6 is 0 Å². The summed E-state index contributed by atoms with van der Waals surface area (Å²) in [6.07, 6.45) is 6.11. The summed E-state index contributed by atoms with van der Waals surface area (Å²) < 4.78 is 0. The maximum absolute atomic E-state index is 13.9. The fourth-order valence-corrected chi connectivity index (χ4v) is 8.69. The maximum atomic E-state index is 13.9. The molecule has 2 rings (SSSR count). The molecular weight excluding hydrogens is 957 g/mol. The lowest BCUT2D eigenvalue weighted by Crippen LogP contribution is -2.61. The Bertz CT molecular complexity index is 2340. The van der Waals surface area contributed by atoms with Gasteiger partial charge in [-0.3, -0.25) is 28.8 Å². The molecule has 4 amide bonds. The Balaban J connectivity index is 0.00000134. The molecule has 0 aliphatic heterocycles. The van der Waals surface area contributed by atoms with Gasteiger partial charge in [0.05, 0.1) is 24.2 Å². The van der Waals surface area contributed by atoms with Crippen molar-refractivity contribution in [3.05, 3.63) is 119 Å². The normalized spacial score (nSPS) is 15.0. The van der Waals surface area contributed by atoms with Crippen molar-refractivity contribution < 1.29 is 38.7 Å². The number of hydrogen-bond acceptors (Lipinski definition) is 9. The number of allylic oxidation sites excluding steroid dienone is 4. The molecular formula is C62H98N6O8. The Morgan fingerprint density at radius 3 is 1.09 bits per heavy atom. The SMILES string of the molecule is C=C(C)C(C)=O.CN[C@H](C(=O)N[C@H](C(=O)N(C)[C@H](/C=C(C)/C=C(\C)C(=O)O)C(C)C)C(C)(C)C)C(C)(C)c1ccccc1.CN[C@H](C(=O)N[C@H](C(=O)N(C)[C@H](/C=C(\C)C=O)C(C)C)C(C)(C)C)C(C)(C)c1ccccc1. The predicted octanol–water partition coefficient (Wildman–Crippen LogP) is 9.41. The number of nitrogens with one attached hydrogen (secondary N) is 4. The topological polar surface area (TPSA) is 194 Å². The van der Waals surface area contributed by atoms with Gasteiger partial charge in [-0.25, -0.2) is 4.79 Å². The summed E-state index contributed by atoms with van der Waals surface area (Å²) in [6.45, 7) is 39.4. The molecule has 0 radical (unpaired) electrons. The number of carbonyl (C=O) groups is 7. The smallest absolute Gasteiger partial charge is 0.331 e. The van der Waals surface area contributed by atoms with Crippen LogP contribution in [0.5, 0.6) is 0 Å². The summed E-state index contributed by atoms with van der Waals surface area (Å²) in [4.78, 5) is 90.4. The third-order valence-corrected chi connectivity index (χ3v) is 13.8. The Morgan fingerprint density at radius 2 is 0.855 bits per heavy atom. The highest BCUT2D eigenvalue weighted by Gasteiger charge is 2.43. The van der Waals surface area contributed by atoms with Crippen molar-refractivity contribution in [1.29, 1.82) is 0 Å². The zero-order valence-electron chi connectivity index (χ0n) is 50.6. The van der Waals surface area contributed by atoms with Gasteiger partial charge in [-0.05, 0) is 99.7 Å². The van der Waals surface area contributed by atoms with Gasteiger partial charge < -0.3 is 36.2 Å². The molecule has 14 heteroatoms. The van der Waals surface area contributed by atoms with Crippen molar-refractivity contribution in [2.24, 2.45) is 22.7 Å². The van der Waals surface area contributed by atoms with Crippen molar-refractivity contribution in [2.45, 2.75) is 179 Å². The van der Waals surface area contributed by atoms with E-state index in [0.29, 0.717) is 11.1 Å². The van der Waals surface area contributed by atoms with Gasteiger partial charge in [0, 0.05) is 30.5 Å². The first-order valence-electron chi connectivity index (χ1n) is 26.3. The number of hydrogen-bond donors (Lipinski definition) is 5. The third-order valence-electron chi connectivity index (χ3n) is 13.8. The van der Waals surface area contributed by atoms with Gasteiger partial charge in [-0.1, -0.05) is 182 Å². The van der Waals surface area contributed by atoms with Crippen LogP contribution in [0.3, 0.4) is 0 Å². The summed E-state index contributed by atoms with van der Waals surface area (Å²) >= 11 is 0. The van der Waals surface area contributed by atoms with E-state index in [1.165, 1.54) is 6.92 Å². The van der Waals surface area contributed by atoms with Gasteiger partial charge in [0.2, 0.25) is 23.6 Å². The zero-order valence-corrected chi connectivity index (χ0v) is 50.6. The molecule has 0 saturated carbocycles. The summed E-state index contributed by atoms with van der Waals surface area (Å²) in [5, 5.41) is 21.6. The van der Waals surface area contributed by atoms with Crippen LogP contribution in [0.4, 0.5) is 0 Å². The van der Waals surface area contributed by atoms with Gasteiger partial charge in [0.1, 0.15) is 18.4 Å². The molecule has 2 aromatic rings. The second kappa shape index (κ2) is 30.7. The van der Waals surface area contributed by atoms with E-state index in [0.717, 1.165) is 23.0 Å². The average Bonchev–Trinajstić information content (AvgIpc) is 3.32. The lowest BCUT2D eigenvalue weighted by Gasteiger charge is -2.40. The standard InChI is InChI=1S/C30H47N3O4.C27H43N3O3.C5H8O/c1-19(2)23(18-20(3)17-21(4)28(36)37)33(11)27(35)25(29(5,6)7)32-26(34)24(31-10)30(8,9)22-15-13-12-14-16-22;1-18(2)21(16-19(3)17-31)30(10)25(33)23(26(4,5)6)29-24(32)22(28-9)27(7,8)20-14-12-11-13-15-20;1-4(2)5(3)6/h12-19,23-25,31H,1-11H3,(H,32,34)(H,36,37);11-18,21-23,28H,1-10H3,(H,29,32);1H2,2-3H3/b20-18+,21-17+;19-16+;/t23-,24-,25-;21-,22-,23-;/m11./s1. The number of Topliss-reactive ketones (excluding diaryl/α,β-unsaturated/α-hetero) is 1. The Hall–Kier alpha value is -5.99. The molecule has 76 heavy (non-hydrogen) atoms. The molecule has 0 fully saturated rings. The first-order chi connectivity index (χ1) is 34.8. The van der Waals surface area contributed by atoms with Crippen molar-refractivity contribution >= 4 is 41.7 Å². The molecule has 5 N–H and O–H groups in total. The molecule has 0 heterocycles. The lowest BCUT2D eigenvalue weighted by molar-refractivity contribution is -0.141. The first-order valence-corrected chi connectivity index (χ1v) is 26.3. The molecule has 14 nitrogen and oxygen atoms in total. The molecule has 0 aromatic heterocycles. The van der Waals surface area contributed by atoms with E-state index in [9.17, 15) is 38.7 Å². The monoisotopic (exact) mass is 1050 g/mol. The van der Waals surface area contributed by atoms with Gasteiger partial charge in [-0.2, -0.15) is 0 Å². The van der Waals surface area contributed by atoms with Crippen LogP contribution in [0, 0.1) is 22.7 Å². The van der Waals surface area contributed by atoms with E-state index >= 15 is 0 Å². The largest absolute Gasteiger partial charge is 0.478 e. The molecule has 0 saturated heterocycles. The Morgan fingerprint density at radius 1 is 0.553 bits per heavy atom. The van der Waals surface area contributed by atoms with Crippen molar-refractivity contribution in [3.8, 4) is 0 Å². The predicted molar refractivity (Wildman–Crippen MR) is 311 cm³/mol. The molecule has 0 unspecified atom stereocenters. The number of nitrogens with zero attached hydrogens (tertiary/aromatic N) is 2. The molecule has 2 aromatic carbocycles. The van der Waals surface area contributed by atoms with Crippen LogP contribution in [-0.2, 0) is 44.4 Å². The highest BCUT2D eigenvalue weighted by atomic mass is 16.4. The maximum Gasteiger partial charge on any atom is 0.331 e. The number of carboxylic acid groups (broad SMARTS) is 1. The van der Waals surface area contributed by atoms with E-state index in [-0.39, 0.29) is 58.9 Å². The van der Waals surface area contributed by atoms with Gasteiger partial charge in [0.25, 0.3) is 0 Å². The van der Waals surface area contributed by atoms with Crippen LogP contribution in [0.1, 0.15) is 143 Å². The highest BCUT2D eigenvalue weighted by molar-refractivity contribution is 5.93. The quantitative estimate of drug-likeness (QED) is 0.0431. The van der Waals surface area contributed by atoms with Crippen molar-refractivity contribution in [3.63, 3.8) is 0 Å². The number of carboxylic acids is 1. The first kappa shape index (κ1) is 70.0. The zero-order chi connectivity index (χ0) is 59.4. The van der Waals surface area contributed by atoms with E-state index in [2.05, 4.69) is 27.8 Å². The fourth-order valence-electron chi connectivity index (χ4n) is 8.69. The van der Waals surface area contributed by atoms with E-state index in [4.69, 9.17) is 0 Å². The summed E-state index contributed by atoms with van der Waals surface area (Å²) in [6, 6.07) is 16.6. The van der Waals surface area contributed by atoms with Crippen LogP contribution in [-0.4, -0.2) is 121 Å². The second-order valence-corrected chi connectivity index (χ2v) is 24.0. The Kier molecular flexibility index (Phi) is 28.3. The molecule has 0 aliphatic rings. The van der Waals surface area contributed by atoms with Crippen molar-refractivity contribution in [2.75, 3.05) is 28.2 Å². The minimum Gasteiger partial charge on any atom is -0.478 e. The molecule has 0 bridgehead atoms. The van der Waals surface area contributed by atoms with Gasteiger partial charge >= 0.3 is 5.97 Å². The molecule has 6 atom stereocenters. The number of rotatable bonds is 22. The number of aliphatic carboxylic acids is 1. The average molecular weight is 1060 g/mol. The van der Waals surface area contributed by atoms with Gasteiger partial charge in [0.15, 0.2) is 5.78 Å². The number of ketones is 1. The summed E-state index contributed by atoms with van der Waals surface area (Å²) in [5.74, 6) is -1.60. The van der Waals surface area contributed by atoms with Crippen LogP contribution in [0.25, 0.3) is 0 Å². The van der Waals surface area contributed by atoms with E-state index in [1.54, 1.807) is 64.8 Å². The number of benzene rings is 2. The minimum absolute atomic E-state index is 0.0648. The van der Waals surface area contributed by atoms with Crippen LogP contribution in [0.2, 0.25) is 0 Å². The van der Waals surface area contributed by atoms with Crippen LogP contribution in [0.15, 0.2) is 108 Å². The highest BCUT2D eigenvalue weighted by Crippen LogP contribution is 2.31. The van der Waals surface area contributed by atoms with E-state index in [1.807, 2.05) is 177 Å². The number of carbonyl (C=O) groups excluding carboxylic acids is 6. The number of amides is 4. The minimum atomic E-state index is -0.980. The molecule has 0 aliphatic carbocycles. The van der Waals surface area contributed by atoms with Gasteiger partial charge in [-0.15, -0.1) is 0 Å². The summed E-state index contributed by atoms with van der Waals surface area (Å²) in [7, 11) is 6.98. The Labute approximate surface area is 458 Å². The third kappa shape index (κ3) is 21.2. The van der Waals surface area contributed by atoms with Crippen LogP contribution < -0.4 is 21.3 Å². The second-order valence-electron chi connectivity index (χ2n) is 24.0. The number of aldehydes is 1. The number of likely N-dealkylation sites (N-methyl/N-ethyl adjacent to an activating group) is 4. The lowest BCUT2D eigenvalue weighted by atomic mass is 9.76. The fraction of sp³-hybridized carbons (Fsp3) is 0.565. The summed E-state index contributed by atoms with van der Waals surface area (Å²) in [5.41, 5.74) is 2.15.